The zero-order chi connectivity index (χ0) is 20.4. The van der Waals surface area contributed by atoms with Crippen molar-refractivity contribution in [1.82, 2.24) is 9.55 Å². The monoisotopic (exact) mass is 396 g/mol. The molecular weight excluding hydrogens is 375 g/mol. The summed E-state index contributed by atoms with van der Waals surface area (Å²) in [5.74, 6) is -0.626. The number of anilines is 2. The van der Waals surface area contributed by atoms with E-state index < -0.39 is 17.8 Å². The first kappa shape index (κ1) is 19.1. The second-order valence-electron chi connectivity index (χ2n) is 6.85. The molecule has 150 valence electrons. The molecule has 2 amide bonds. The summed E-state index contributed by atoms with van der Waals surface area (Å²) >= 11 is 0. The number of aromatic nitrogens is 2. The van der Waals surface area contributed by atoms with Gasteiger partial charge < -0.3 is 10.1 Å². The molecule has 1 atom stereocenters. The summed E-state index contributed by atoms with van der Waals surface area (Å²) < 4.78 is 20.7. The smallest absolute Gasteiger partial charge is 0.253 e. The number of para-hydroxylation sites is 3. The number of nitrogens with zero attached hydrogens (tertiary/aromatic N) is 3. The van der Waals surface area contributed by atoms with Crippen molar-refractivity contribution in [1.29, 1.82) is 0 Å². The molecule has 1 aromatic heterocycles. The fraction of sp³-hybridized carbons (Fsp3) is 0.286. The Balaban J connectivity index is 1.62. The van der Waals surface area contributed by atoms with E-state index in [2.05, 4.69) is 10.3 Å². The second kappa shape index (κ2) is 8.00. The van der Waals surface area contributed by atoms with Crippen LogP contribution in [0.2, 0.25) is 0 Å². The predicted octanol–water partition coefficient (Wildman–Crippen LogP) is 3.13. The largest absolute Gasteiger partial charge is 0.385 e. The van der Waals surface area contributed by atoms with Crippen molar-refractivity contribution < 1.29 is 18.7 Å². The molecule has 1 aliphatic heterocycles. The molecule has 4 rings (SSSR count). The molecule has 3 aromatic rings. The third-order valence-corrected chi connectivity index (χ3v) is 4.94. The fourth-order valence-electron chi connectivity index (χ4n) is 3.61. The van der Waals surface area contributed by atoms with Crippen molar-refractivity contribution in [3.05, 3.63) is 54.3 Å². The van der Waals surface area contributed by atoms with Crippen LogP contribution in [0.3, 0.4) is 0 Å². The van der Waals surface area contributed by atoms with Crippen molar-refractivity contribution in [2.45, 2.75) is 18.9 Å². The SMILES string of the molecule is COCCCN1C(=O)[C@@H](CC(=O)Nc2ccccc2F)n2c1nc1ccccc12. The zero-order valence-corrected chi connectivity index (χ0v) is 16.0. The summed E-state index contributed by atoms with van der Waals surface area (Å²) in [5.41, 5.74) is 1.63. The first-order chi connectivity index (χ1) is 14.1. The number of fused-ring (bicyclic) bond motifs is 3. The van der Waals surface area contributed by atoms with Crippen LogP contribution in [0.25, 0.3) is 11.0 Å². The van der Waals surface area contributed by atoms with Gasteiger partial charge in [0.25, 0.3) is 5.91 Å². The predicted molar refractivity (Wildman–Crippen MR) is 107 cm³/mol. The summed E-state index contributed by atoms with van der Waals surface area (Å²) in [4.78, 5) is 31.9. The van der Waals surface area contributed by atoms with E-state index in [0.29, 0.717) is 25.5 Å². The summed E-state index contributed by atoms with van der Waals surface area (Å²) in [6, 6.07) is 12.7. The lowest BCUT2D eigenvalue weighted by Crippen LogP contribution is -2.32. The van der Waals surface area contributed by atoms with Crippen molar-refractivity contribution in [2.24, 2.45) is 0 Å². The van der Waals surface area contributed by atoms with Gasteiger partial charge in [0.2, 0.25) is 11.9 Å². The summed E-state index contributed by atoms with van der Waals surface area (Å²) in [6.45, 7) is 0.962. The molecular formula is C21H21FN4O3. The maximum Gasteiger partial charge on any atom is 0.253 e. The number of benzene rings is 2. The molecule has 2 heterocycles. The van der Waals surface area contributed by atoms with Crippen LogP contribution in [-0.4, -0.2) is 41.6 Å². The van der Waals surface area contributed by atoms with E-state index in [1.807, 2.05) is 24.3 Å². The van der Waals surface area contributed by atoms with Crippen LogP contribution in [0.1, 0.15) is 18.9 Å². The molecule has 7 nitrogen and oxygen atoms in total. The number of methoxy groups -OCH3 is 1. The van der Waals surface area contributed by atoms with Crippen LogP contribution in [0.5, 0.6) is 0 Å². The number of amides is 2. The lowest BCUT2D eigenvalue weighted by Gasteiger charge is -2.15. The number of carbonyl (C=O) groups is 2. The highest BCUT2D eigenvalue weighted by Crippen LogP contribution is 2.36. The minimum Gasteiger partial charge on any atom is -0.385 e. The van der Waals surface area contributed by atoms with Crippen molar-refractivity contribution in [3.8, 4) is 0 Å². The molecule has 1 aliphatic rings. The van der Waals surface area contributed by atoms with Gasteiger partial charge in [0.05, 0.1) is 23.1 Å². The van der Waals surface area contributed by atoms with Crippen LogP contribution in [0.15, 0.2) is 48.5 Å². The van der Waals surface area contributed by atoms with E-state index in [0.717, 1.165) is 11.0 Å². The van der Waals surface area contributed by atoms with Gasteiger partial charge in [-0.15, -0.1) is 0 Å². The minimum atomic E-state index is -0.730. The number of imidazole rings is 1. The van der Waals surface area contributed by atoms with Gasteiger partial charge in [0.15, 0.2) is 0 Å². The van der Waals surface area contributed by atoms with E-state index in [-0.39, 0.29) is 18.0 Å². The van der Waals surface area contributed by atoms with Gasteiger partial charge in [-0.2, -0.15) is 0 Å². The molecule has 0 bridgehead atoms. The molecule has 0 radical (unpaired) electrons. The quantitative estimate of drug-likeness (QED) is 0.623. The summed E-state index contributed by atoms with van der Waals surface area (Å²) in [7, 11) is 1.61. The van der Waals surface area contributed by atoms with Crippen molar-refractivity contribution >= 4 is 34.5 Å². The maximum atomic E-state index is 13.9. The molecule has 29 heavy (non-hydrogen) atoms. The molecule has 1 N–H and O–H groups in total. The van der Waals surface area contributed by atoms with Gasteiger partial charge in [0.1, 0.15) is 11.9 Å². The highest BCUT2D eigenvalue weighted by molar-refractivity contribution is 6.05. The van der Waals surface area contributed by atoms with Gasteiger partial charge in [-0.3, -0.25) is 19.1 Å². The molecule has 0 fully saturated rings. The molecule has 0 saturated heterocycles. The van der Waals surface area contributed by atoms with E-state index in [4.69, 9.17) is 4.74 Å². The highest BCUT2D eigenvalue weighted by atomic mass is 19.1. The molecule has 2 aromatic carbocycles. The average Bonchev–Trinajstić information content (AvgIpc) is 3.20. The third kappa shape index (κ3) is 3.58. The van der Waals surface area contributed by atoms with Gasteiger partial charge in [-0.05, 0) is 30.7 Å². The molecule has 8 heteroatoms. The Kier molecular flexibility index (Phi) is 5.26. The van der Waals surface area contributed by atoms with E-state index in [1.54, 1.807) is 28.7 Å². The normalized spacial score (nSPS) is 15.7. The van der Waals surface area contributed by atoms with E-state index >= 15 is 0 Å². The summed E-state index contributed by atoms with van der Waals surface area (Å²) in [6.07, 6.45) is 0.543. The lowest BCUT2D eigenvalue weighted by atomic mass is 10.1. The number of ether oxygens (including phenoxy) is 1. The van der Waals surface area contributed by atoms with Crippen molar-refractivity contribution in [3.63, 3.8) is 0 Å². The van der Waals surface area contributed by atoms with Gasteiger partial charge in [-0.25, -0.2) is 9.37 Å². The fourth-order valence-corrected chi connectivity index (χ4v) is 3.61. The standard InChI is InChI=1S/C21H21FN4O3/c1-29-12-6-11-25-20(28)18(13-19(27)23-15-8-3-2-7-14(15)22)26-17-10-5-4-9-16(17)24-21(25)26/h2-5,7-10,18H,6,11-13H2,1H3,(H,23,27)/t18-/m1/s1. The molecule has 0 saturated carbocycles. The Morgan fingerprint density at radius 1 is 1.21 bits per heavy atom. The first-order valence-corrected chi connectivity index (χ1v) is 9.42. The number of nitrogens with one attached hydrogen (secondary N) is 1. The van der Waals surface area contributed by atoms with Crippen LogP contribution < -0.4 is 10.2 Å². The first-order valence-electron chi connectivity index (χ1n) is 9.42. The number of hydrogen-bond donors (Lipinski definition) is 1. The zero-order valence-electron chi connectivity index (χ0n) is 16.0. The van der Waals surface area contributed by atoms with E-state index in [9.17, 15) is 14.0 Å². The Morgan fingerprint density at radius 3 is 2.76 bits per heavy atom. The number of halogens is 1. The topological polar surface area (TPSA) is 76.5 Å². The molecule has 0 aliphatic carbocycles. The molecule has 0 spiro atoms. The lowest BCUT2D eigenvalue weighted by molar-refractivity contribution is -0.124. The van der Waals surface area contributed by atoms with Crippen LogP contribution >= 0.6 is 0 Å². The molecule has 0 unspecified atom stereocenters. The van der Waals surface area contributed by atoms with Gasteiger partial charge in [0, 0.05) is 20.3 Å². The van der Waals surface area contributed by atoms with Crippen molar-refractivity contribution in [2.75, 3.05) is 30.5 Å². The second-order valence-corrected chi connectivity index (χ2v) is 6.85. The van der Waals surface area contributed by atoms with Gasteiger partial charge >= 0.3 is 0 Å². The number of hydrogen-bond acceptors (Lipinski definition) is 4. The highest BCUT2D eigenvalue weighted by Gasteiger charge is 2.40. The van der Waals surface area contributed by atoms with Gasteiger partial charge in [-0.1, -0.05) is 24.3 Å². The summed E-state index contributed by atoms with van der Waals surface area (Å²) in [5, 5.41) is 2.56. The van der Waals surface area contributed by atoms with E-state index in [1.165, 1.54) is 12.1 Å². The number of carbonyl (C=O) groups excluding carboxylic acids is 2. The Bertz CT molecular complexity index is 1070. The van der Waals surface area contributed by atoms with Crippen LogP contribution in [0.4, 0.5) is 16.0 Å². The van der Waals surface area contributed by atoms with Crippen LogP contribution in [-0.2, 0) is 14.3 Å². The third-order valence-electron chi connectivity index (χ3n) is 4.94. The Morgan fingerprint density at radius 2 is 1.97 bits per heavy atom. The van der Waals surface area contributed by atoms with Crippen LogP contribution in [0, 0.1) is 5.82 Å². The average molecular weight is 396 g/mol. The number of rotatable bonds is 7. The minimum absolute atomic E-state index is 0.0932. The maximum absolute atomic E-state index is 13.9. The Labute approximate surface area is 167 Å². The Hall–Kier alpha value is -3.26.